The van der Waals surface area contributed by atoms with Gasteiger partial charge in [-0.2, -0.15) is 0 Å². The van der Waals surface area contributed by atoms with E-state index in [2.05, 4.69) is 15.9 Å². The number of thioether (sulfide) groups is 1. The zero-order valence-corrected chi connectivity index (χ0v) is 20.0. The predicted octanol–water partition coefficient (Wildman–Crippen LogP) is 2.83. The number of ketones is 1. The molecule has 0 unspecified atom stereocenters. The number of terminal acetylenes is 1. The number of nitrogens with two attached hydrogens (primary N) is 1. The van der Waals surface area contributed by atoms with Crippen molar-refractivity contribution in [3.8, 4) is 18.1 Å². The first-order valence-electron chi connectivity index (χ1n) is 10.2. The minimum Gasteiger partial charge on any atom is -0.479 e. The van der Waals surface area contributed by atoms with Crippen molar-refractivity contribution >= 4 is 32.6 Å². The van der Waals surface area contributed by atoms with Crippen LogP contribution in [0.25, 0.3) is 0 Å². The standard InChI is InChI=1S/C23H21F2N3O4S2/c1-4-7-32-14-5-6-17(27-12-14)18(29)10-13-8-15(20(25)16(24)9-13)22(2)19-11-23(19,34(3,30)31)33-21(26)28-22/h1,5-6,8-9,12,19H,7,10-11H2,2-3H3,(H2,26,28)/t19-,22+,23+/m0/s1. The highest BCUT2D eigenvalue weighted by molar-refractivity contribution is 8.24. The number of rotatable bonds is 7. The van der Waals surface area contributed by atoms with Gasteiger partial charge in [0.05, 0.1) is 11.7 Å². The average Bonchev–Trinajstić information content (AvgIpc) is 3.52. The van der Waals surface area contributed by atoms with Gasteiger partial charge in [-0.15, -0.1) is 6.42 Å². The van der Waals surface area contributed by atoms with Gasteiger partial charge in [-0.3, -0.25) is 9.79 Å². The third-order valence-electron chi connectivity index (χ3n) is 6.13. The number of hydrogen-bond donors (Lipinski definition) is 1. The van der Waals surface area contributed by atoms with Crippen LogP contribution < -0.4 is 10.5 Å². The Morgan fingerprint density at radius 2 is 2.12 bits per heavy atom. The van der Waals surface area contributed by atoms with Crippen LogP contribution in [0.2, 0.25) is 0 Å². The summed E-state index contributed by atoms with van der Waals surface area (Å²) in [4.78, 5) is 21.1. The fourth-order valence-corrected chi connectivity index (χ4v) is 7.64. The molecule has 0 bridgehead atoms. The average molecular weight is 506 g/mol. The van der Waals surface area contributed by atoms with Crippen molar-refractivity contribution in [3.63, 3.8) is 0 Å². The molecule has 7 nitrogen and oxygen atoms in total. The van der Waals surface area contributed by atoms with Crippen molar-refractivity contribution in [1.29, 1.82) is 0 Å². The summed E-state index contributed by atoms with van der Waals surface area (Å²) >= 11 is 0.935. The number of sulfone groups is 1. The Bertz CT molecular complexity index is 1360. The molecule has 2 aliphatic rings. The summed E-state index contributed by atoms with van der Waals surface area (Å²) in [6, 6.07) is 5.26. The van der Waals surface area contributed by atoms with Gasteiger partial charge in [0.1, 0.15) is 22.1 Å². The Labute approximate surface area is 200 Å². The SMILES string of the molecule is C#CCOc1ccc(C(=O)Cc2cc(F)c(F)c([C@@]3(C)N=C(N)S[C@@]4(S(C)(=O)=O)C[C@H]43)c2)nc1. The van der Waals surface area contributed by atoms with Crippen LogP contribution in [0.1, 0.15) is 35.0 Å². The second-order valence-corrected chi connectivity index (χ2v) is 12.3. The quantitative estimate of drug-likeness (QED) is 0.455. The van der Waals surface area contributed by atoms with Crippen LogP contribution in [0, 0.1) is 29.9 Å². The highest BCUT2D eigenvalue weighted by Crippen LogP contribution is 2.68. The molecular weight excluding hydrogens is 484 g/mol. The lowest BCUT2D eigenvalue weighted by Crippen LogP contribution is -2.39. The molecule has 4 rings (SSSR count). The summed E-state index contributed by atoms with van der Waals surface area (Å²) < 4.78 is 58.5. The Kier molecular flexibility index (Phi) is 5.94. The molecule has 0 saturated heterocycles. The Morgan fingerprint density at radius 1 is 1.38 bits per heavy atom. The van der Waals surface area contributed by atoms with E-state index in [0.717, 1.165) is 24.1 Å². The van der Waals surface area contributed by atoms with Gasteiger partial charge in [-0.25, -0.2) is 22.2 Å². The first-order valence-corrected chi connectivity index (χ1v) is 12.9. The van der Waals surface area contributed by atoms with E-state index in [1.165, 1.54) is 31.3 Å². The number of nitrogens with zero attached hydrogens (tertiary/aromatic N) is 2. The molecule has 2 aromatic rings. The van der Waals surface area contributed by atoms with Crippen LogP contribution >= 0.6 is 11.8 Å². The minimum atomic E-state index is -3.56. The zero-order valence-electron chi connectivity index (χ0n) is 18.3. The Balaban J connectivity index is 1.65. The molecule has 2 heterocycles. The molecule has 1 fully saturated rings. The van der Waals surface area contributed by atoms with Gasteiger partial charge in [0, 0.05) is 24.2 Å². The predicted molar refractivity (Wildman–Crippen MR) is 125 cm³/mol. The molecule has 11 heteroatoms. The number of hydrogen-bond acceptors (Lipinski definition) is 8. The fourth-order valence-electron chi connectivity index (χ4n) is 4.35. The number of aliphatic imine (C=N–C) groups is 1. The van der Waals surface area contributed by atoms with Crippen LogP contribution in [0.3, 0.4) is 0 Å². The van der Waals surface area contributed by atoms with Crippen molar-refractivity contribution in [2.75, 3.05) is 12.9 Å². The number of halogens is 2. The van der Waals surface area contributed by atoms with Crippen LogP contribution in [-0.2, 0) is 21.8 Å². The fraction of sp³-hybridized carbons (Fsp3) is 0.348. The maximum atomic E-state index is 15.0. The van der Waals surface area contributed by atoms with Gasteiger partial charge in [-0.1, -0.05) is 17.7 Å². The normalized spacial score (nSPS) is 25.6. The number of carbonyl (C=O) groups is 1. The highest BCUT2D eigenvalue weighted by atomic mass is 32.3. The summed E-state index contributed by atoms with van der Waals surface area (Å²) in [6.07, 6.45) is 7.53. The Hall–Kier alpha value is -2.97. The van der Waals surface area contributed by atoms with Crippen molar-refractivity contribution in [2.45, 2.75) is 29.4 Å². The number of amidine groups is 1. The van der Waals surface area contributed by atoms with E-state index in [1.807, 2.05) is 0 Å². The summed E-state index contributed by atoms with van der Waals surface area (Å²) in [5, 5.41) is -0.0145. The summed E-state index contributed by atoms with van der Waals surface area (Å²) in [7, 11) is -3.56. The number of aromatic nitrogens is 1. The van der Waals surface area contributed by atoms with Crippen LogP contribution in [0.15, 0.2) is 35.5 Å². The van der Waals surface area contributed by atoms with E-state index >= 15 is 0 Å². The molecule has 1 aliphatic carbocycles. The van der Waals surface area contributed by atoms with E-state index in [4.69, 9.17) is 16.9 Å². The van der Waals surface area contributed by atoms with E-state index in [1.54, 1.807) is 0 Å². The molecule has 2 N–H and O–H groups in total. The van der Waals surface area contributed by atoms with E-state index in [-0.39, 0.29) is 41.4 Å². The zero-order chi connectivity index (χ0) is 24.9. The molecule has 34 heavy (non-hydrogen) atoms. The van der Waals surface area contributed by atoms with Crippen molar-refractivity contribution in [3.05, 3.63) is 58.9 Å². The molecule has 0 spiro atoms. The second-order valence-electron chi connectivity index (χ2n) is 8.45. The molecule has 0 radical (unpaired) electrons. The Morgan fingerprint density at radius 3 is 2.74 bits per heavy atom. The third kappa shape index (κ3) is 4.05. The van der Waals surface area contributed by atoms with Crippen LogP contribution in [-0.4, -0.2) is 41.3 Å². The number of Topliss-reactive ketones (excluding diaryl/α,β-unsaturated/α-hetero) is 1. The lowest BCUT2D eigenvalue weighted by molar-refractivity contribution is 0.0988. The first kappa shape index (κ1) is 24.2. The minimum absolute atomic E-state index is 0.0145. The monoisotopic (exact) mass is 505 g/mol. The van der Waals surface area contributed by atoms with Crippen molar-refractivity contribution < 1.29 is 26.7 Å². The maximum Gasteiger partial charge on any atom is 0.185 e. The topological polar surface area (TPSA) is 112 Å². The summed E-state index contributed by atoms with van der Waals surface area (Å²) in [5.41, 5.74) is 4.69. The second kappa shape index (κ2) is 8.36. The molecule has 1 aliphatic heterocycles. The number of fused-ring (bicyclic) bond motifs is 1. The maximum absolute atomic E-state index is 15.0. The van der Waals surface area contributed by atoms with E-state index in [0.29, 0.717) is 5.75 Å². The van der Waals surface area contributed by atoms with Gasteiger partial charge >= 0.3 is 0 Å². The smallest absolute Gasteiger partial charge is 0.185 e. The molecule has 1 aromatic carbocycles. The van der Waals surface area contributed by atoms with Gasteiger partial charge in [0.15, 0.2) is 32.4 Å². The lowest BCUT2D eigenvalue weighted by atomic mass is 9.85. The summed E-state index contributed by atoms with van der Waals surface area (Å²) in [5.74, 6) is -0.623. The number of carbonyl (C=O) groups excluding carboxylic acids is 1. The molecule has 0 amide bonds. The molecule has 1 aromatic heterocycles. The molecular formula is C23H21F2N3O4S2. The number of pyridine rings is 1. The lowest BCUT2D eigenvalue weighted by Gasteiger charge is -2.33. The highest BCUT2D eigenvalue weighted by Gasteiger charge is 2.72. The van der Waals surface area contributed by atoms with Crippen LogP contribution in [0.4, 0.5) is 8.78 Å². The molecule has 1 saturated carbocycles. The first-order chi connectivity index (χ1) is 15.9. The molecule has 3 atom stereocenters. The van der Waals surface area contributed by atoms with Gasteiger partial charge < -0.3 is 10.5 Å². The van der Waals surface area contributed by atoms with Gasteiger partial charge in [0.2, 0.25) is 0 Å². The van der Waals surface area contributed by atoms with Crippen LogP contribution in [0.5, 0.6) is 5.75 Å². The largest absolute Gasteiger partial charge is 0.479 e. The number of benzene rings is 1. The summed E-state index contributed by atoms with van der Waals surface area (Å²) in [6.45, 7) is 1.59. The van der Waals surface area contributed by atoms with Gasteiger partial charge in [0.25, 0.3) is 0 Å². The number of ether oxygens (including phenoxy) is 1. The van der Waals surface area contributed by atoms with E-state index in [9.17, 15) is 22.0 Å². The van der Waals surface area contributed by atoms with Crippen molar-refractivity contribution in [1.82, 2.24) is 4.98 Å². The van der Waals surface area contributed by atoms with E-state index < -0.39 is 42.8 Å². The third-order valence-corrected chi connectivity index (χ3v) is 10.1. The van der Waals surface area contributed by atoms with Crippen molar-refractivity contribution in [2.24, 2.45) is 16.6 Å². The molecule has 178 valence electrons. The van der Waals surface area contributed by atoms with Gasteiger partial charge in [-0.05, 0) is 43.2 Å².